The molecule has 1 aliphatic heterocycles. The summed E-state index contributed by atoms with van der Waals surface area (Å²) >= 11 is 0.564. The minimum Gasteiger partial charge on any atom is -0.337 e. The minimum atomic E-state index is -4.33. The molecule has 0 unspecified atom stereocenters. The van der Waals surface area contributed by atoms with Crippen LogP contribution in [0.25, 0.3) is 0 Å². The number of thioether (sulfide) groups is 1. The van der Waals surface area contributed by atoms with Crippen LogP contribution in [0, 0.1) is 0 Å². The molecule has 0 aromatic heterocycles. The maximum absolute atomic E-state index is 12.6. The van der Waals surface area contributed by atoms with Crippen molar-refractivity contribution in [3.8, 4) is 0 Å². The molecule has 0 spiro atoms. The van der Waals surface area contributed by atoms with E-state index >= 15 is 0 Å². The lowest BCUT2D eigenvalue weighted by atomic mass is 10.2. The van der Waals surface area contributed by atoms with Gasteiger partial charge < -0.3 is 10.6 Å². The fourth-order valence-corrected chi connectivity index (χ4v) is 5.22. The summed E-state index contributed by atoms with van der Waals surface area (Å²) in [5.41, 5.74) is 1.83. The molecule has 0 saturated heterocycles. The molecule has 2 N–H and O–H groups in total. The molecule has 2 amide bonds. The zero-order valence-electron chi connectivity index (χ0n) is 15.8. The van der Waals surface area contributed by atoms with Gasteiger partial charge in [0.25, 0.3) is 0 Å². The number of halogens is 3. The third-order valence-electron chi connectivity index (χ3n) is 4.35. The van der Waals surface area contributed by atoms with Crippen LogP contribution in [0.3, 0.4) is 0 Å². The van der Waals surface area contributed by atoms with Crippen molar-refractivity contribution in [1.82, 2.24) is 5.32 Å². The van der Waals surface area contributed by atoms with Crippen molar-refractivity contribution in [3.05, 3.63) is 54.1 Å². The molecular weight excluding hydrogens is 439 g/mol. The maximum Gasteiger partial charge on any atom is 0.398 e. The summed E-state index contributed by atoms with van der Waals surface area (Å²) < 4.78 is 63.9. The number of nitrogens with zero attached hydrogens (tertiary/aromatic N) is 1. The Morgan fingerprint density at radius 3 is 2.57 bits per heavy atom. The molecule has 1 aliphatic rings. The smallest absolute Gasteiger partial charge is 0.337 e. The van der Waals surface area contributed by atoms with Crippen molar-refractivity contribution in [1.29, 1.82) is 0 Å². The van der Waals surface area contributed by atoms with E-state index in [1.165, 1.54) is 16.4 Å². The number of nitrogens with one attached hydrogen (secondary N) is 2. The molecule has 0 radical (unpaired) electrons. The standard InChI is InChI=1S/C19H20F3N3O3S2/c20-19(21,22)13-29-17-8-4-2-6-15(17)24-18(26)23-10-12-30(27,28)25-11-9-14-5-1-3-7-16(14)25/h1-8H,9-13H2,(H2,23,24,26). The molecule has 1 heterocycles. The van der Waals surface area contributed by atoms with E-state index in [2.05, 4.69) is 10.6 Å². The summed E-state index contributed by atoms with van der Waals surface area (Å²) in [7, 11) is -3.61. The number of rotatable bonds is 7. The van der Waals surface area contributed by atoms with E-state index in [1.807, 2.05) is 12.1 Å². The van der Waals surface area contributed by atoms with Crippen molar-refractivity contribution in [2.75, 3.05) is 34.2 Å². The van der Waals surface area contributed by atoms with Crippen LogP contribution in [-0.2, 0) is 16.4 Å². The number of benzene rings is 2. The zero-order valence-corrected chi connectivity index (χ0v) is 17.4. The summed E-state index contributed by atoms with van der Waals surface area (Å²) in [5, 5.41) is 4.92. The number of carbonyl (C=O) groups is 1. The molecule has 0 atom stereocenters. The van der Waals surface area contributed by atoms with Crippen LogP contribution in [-0.4, -0.2) is 45.2 Å². The molecule has 6 nitrogen and oxygen atoms in total. The van der Waals surface area contributed by atoms with Gasteiger partial charge in [-0.2, -0.15) is 13.2 Å². The van der Waals surface area contributed by atoms with Gasteiger partial charge in [0.1, 0.15) is 0 Å². The first-order valence-corrected chi connectivity index (χ1v) is 11.7. The second-order valence-electron chi connectivity index (χ2n) is 6.55. The number of hydrogen-bond donors (Lipinski definition) is 2. The molecule has 30 heavy (non-hydrogen) atoms. The third-order valence-corrected chi connectivity index (χ3v) is 7.26. The minimum absolute atomic E-state index is 0.134. The van der Waals surface area contributed by atoms with Gasteiger partial charge in [-0.1, -0.05) is 30.3 Å². The molecule has 0 bridgehead atoms. The van der Waals surface area contributed by atoms with Crippen LogP contribution < -0.4 is 14.9 Å². The van der Waals surface area contributed by atoms with Gasteiger partial charge >= 0.3 is 12.2 Å². The van der Waals surface area contributed by atoms with Crippen LogP contribution in [0.2, 0.25) is 0 Å². The van der Waals surface area contributed by atoms with Crippen LogP contribution in [0.1, 0.15) is 5.56 Å². The van der Waals surface area contributed by atoms with Crippen LogP contribution in [0.15, 0.2) is 53.4 Å². The van der Waals surface area contributed by atoms with E-state index in [0.29, 0.717) is 30.4 Å². The van der Waals surface area contributed by atoms with Gasteiger partial charge in [-0.15, -0.1) is 11.8 Å². The number of anilines is 2. The monoisotopic (exact) mass is 459 g/mol. The summed E-state index contributed by atoms with van der Waals surface area (Å²) in [6.07, 6.45) is -3.70. The molecular formula is C19H20F3N3O3S2. The van der Waals surface area contributed by atoms with Crippen molar-refractivity contribution in [2.24, 2.45) is 0 Å². The summed E-state index contributed by atoms with van der Waals surface area (Å²) in [6, 6.07) is 12.7. The zero-order chi connectivity index (χ0) is 21.8. The highest BCUT2D eigenvalue weighted by molar-refractivity contribution is 7.99. The van der Waals surface area contributed by atoms with Gasteiger partial charge in [-0.3, -0.25) is 4.31 Å². The van der Waals surface area contributed by atoms with E-state index in [0.717, 1.165) is 5.56 Å². The van der Waals surface area contributed by atoms with Crippen LogP contribution in [0.5, 0.6) is 0 Å². The van der Waals surface area contributed by atoms with Gasteiger partial charge in [-0.25, -0.2) is 13.2 Å². The Morgan fingerprint density at radius 1 is 1.10 bits per heavy atom. The quantitative estimate of drug-likeness (QED) is 0.617. The topological polar surface area (TPSA) is 78.5 Å². The van der Waals surface area contributed by atoms with E-state index in [-0.39, 0.29) is 22.9 Å². The molecule has 2 aromatic carbocycles. The van der Waals surface area contributed by atoms with Crippen molar-refractivity contribution < 1.29 is 26.4 Å². The van der Waals surface area contributed by atoms with E-state index < -0.39 is 28.0 Å². The number of sulfonamides is 1. The largest absolute Gasteiger partial charge is 0.398 e. The second kappa shape index (κ2) is 9.17. The lowest BCUT2D eigenvalue weighted by molar-refractivity contribution is -0.105. The summed E-state index contributed by atoms with van der Waals surface area (Å²) in [4.78, 5) is 12.4. The number of hydrogen-bond acceptors (Lipinski definition) is 4. The Kier molecular flexibility index (Phi) is 6.81. The molecule has 3 rings (SSSR count). The molecule has 0 saturated carbocycles. The number of urea groups is 1. The molecule has 11 heteroatoms. The molecule has 2 aromatic rings. The van der Waals surface area contributed by atoms with Gasteiger partial charge in [0.05, 0.1) is 22.9 Å². The predicted octanol–water partition coefficient (Wildman–Crippen LogP) is 3.86. The first kappa shape index (κ1) is 22.3. The fourth-order valence-electron chi connectivity index (χ4n) is 3.02. The normalized spacial score (nSPS) is 13.8. The highest BCUT2D eigenvalue weighted by Crippen LogP contribution is 2.32. The SMILES string of the molecule is O=C(NCCS(=O)(=O)N1CCc2ccccc21)Nc1ccccc1SCC(F)(F)F. The third kappa shape index (κ3) is 5.82. The number of fused-ring (bicyclic) bond motifs is 1. The predicted molar refractivity (Wildman–Crippen MR) is 112 cm³/mol. The van der Waals surface area contributed by atoms with Gasteiger partial charge in [-0.05, 0) is 30.2 Å². The van der Waals surface area contributed by atoms with E-state index in [9.17, 15) is 26.4 Å². The first-order valence-electron chi connectivity index (χ1n) is 9.07. The van der Waals surface area contributed by atoms with Gasteiger partial charge in [0.2, 0.25) is 10.0 Å². The van der Waals surface area contributed by atoms with Crippen molar-refractivity contribution >= 4 is 39.2 Å². The number of alkyl halides is 3. The Labute approximate surface area is 176 Å². The maximum atomic E-state index is 12.6. The van der Waals surface area contributed by atoms with Gasteiger partial charge in [0, 0.05) is 18.0 Å². The highest BCUT2D eigenvalue weighted by Gasteiger charge is 2.29. The molecule has 162 valence electrons. The summed E-state index contributed by atoms with van der Waals surface area (Å²) in [5.74, 6) is -1.37. The molecule has 0 aliphatic carbocycles. The highest BCUT2D eigenvalue weighted by atomic mass is 32.2. The number of amides is 2. The number of carbonyl (C=O) groups excluding carboxylic acids is 1. The molecule has 0 fully saturated rings. The Bertz CT molecular complexity index is 1010. The fraction of sp³-hybridized carbons (Fsp3) is 0.316. The average Bonchev–Trinajstić information content (AvgIpc) is 3.11. The summed E-state index contributed by atoms with van der Waals surface area (Å²) in [6.45, 7) is 0.225. The van der Waals surface area contributed by atoms with E-state index in [4.69, 9.17) is 0 Å². The number of para-hydroxylation sites is 2. The Hall–Kier alpha value is -2.40. The van der Waals surface area contributed by atoms with Crippen LogP contribution in [0.4, 0.5) is 29.3 Å². The lowest BCUT2D eigenvalue weighted by Gasteiger charge is -2.19. The van der Waals surface area contributed by atoms with E-state index in [1.54, 1.807) is 24.3 Å². The van der Waals surface area contributed by atoms with Gasteiger partial charge in [0.15, 0.2) is 0 Å². The Balaban J connectivity index is 1.53. The Morgan fingerprint density at radius 2 is 1.80 bits per heavy atom. The second-order valence-corrected chi connectivity index (χ2v) is 9.58. The lowest BCUT2D eigenvalue weighted by Crippen LogP contribution is -2.38. The first-order chi connectivity index (χ1) is 14.2. The van der Waals surface area contributed by atoms with Crippen LogP contribution >= 0.6 is 11.8 Å². The average molecular weight is 460 g/mol. The van der Waals surface area contributed by atoms with Crippen molar-refractivity contribution in [3.63, 3.8) is 0 Å². The van der Waals surface area contributed by atoms with Crippen molar-refractivity contribution in [2.45, 2.75) is 17.5 Å².